The van der Waals surface area contributed by atoms with E-state index < -0.39 is 10.0 Å². The van der Waals surface area contributed by atoms with Gasteiger partial charge in [0.05, 0.1) is 18.6 Å². The molecular formula is C14H21NO4S. The highest BCUT2D eigenvalue weighted by Crippen LogP contribution is 2.25. The van der Waals surface area contributed by atoms with Crippen LogP contribution in [0.4, 0.5) is 0 Å². The molecule has 6 heteroatoms. The normalized spacial score (nSPS) is 21.4. The number of aliphatic hydroxyl groups is 1. The fourth-order valence-electron chi connectivity index (χ4n) is 2.53. The number of nitrogens with zero attached hydrogens (tertiary/aromatic N) is 1. The Labute approximate surface area is 120 Å². The smallest absolute Gasteiger partial charge is 0.243 e. The molecule has 1 saturated heterocycles. The van der Waals surface area contributed by atoms with E-state index in [9.17, 15) is 13.5 Å². The summed E-state index contributed by atoms with van der Waals surface area (Å²) < 4.78 is 31.9. The van der Waals surface area contributed by atoms with Crippen LogP contribution in [-0.4, -0.2) is 44.1 Å². The number of methoxy groups -OCH3 is 1. The van der Waals surface area contributed by atoms with Gasteiger partial charge in [0.1, 0.15) is 5.75 Å². The molecule has 1 fully saturated rings. The minimum Gasteiger partial charge on any atom is -0.497 e. The van der Waals surface area contributed by atoms with E-state index in [1.165, 1.54) is 4.31 Å². The summed E-state index contributed by atoms with van der Waals surface area (Å²) in [6.07, 6.45) is 3.52. The lowest BCUT2D eigenvalue weighted by atomic mass is 10.1. The maximum absolute atomic E-state index is 12.7. The maximum atomic E-state index is 12.7. The van der Waals surface area contributed by atoms with Crippen LogP contribution in [0.5, 0.6) is 5.75 Å². The van der Waals surface area contributed by atoms with Crippen LogP contribution in [0.1, 0.15) is 25.7 Å². The van der Waals surface area contributed by atoms with Gasteiger partial charge in [-0.3, -0.25) is 0 Å². The van der Waals surface area contributed by atoms with Crippen molar-refractivity contribution in [1.29, 1.82) is 0 Å². The number of sulfonamides is 1. The van der Waals surface area contributed by atoms with Gasteiger partial charge < -0.3 is 9.84 Å². The minimum atomic E-state index is -3.55. The molecule has 0 radical (unpaired) electrons. The molecule has 5 nitrogen and oxygen atoms in total. The highest BCUT2D eigenvalue weighted by molar-refractivity contribution is 7.89. The molecule has 1 aliphatic heterocycles. The predicted octanol–water partition coefficient (Wildman–Crippen LogP) is 1.62. The van der Waals surface area contributed by atoms with Gasteiger partial charge in [-0.2, -0.15) is 4.31 Å². The molecule has 0 saturated carbocycles. The van der Waals surface area contributed by atoms with E-state index >= 15 is 0 Å². The Kier molecular flexibility index (Phi) is 5.01. The first kappa shape index (κ1) is 15.3. The van der Waals surface area contributed by atoms with E-state index in [2.05, 4.69) is 0 Å². The number of ether oxygens (including phenoxy) is 1. The van der Waals surface area contributed by atoms with Crippen molar-refractivity contribution in [3.05, 3.63) is 24.3 Å². The molecule has 1 aliphatic rings. The lowest BCUT2D eigenvalue weighted by Crippen LogP contribution is -2.41. The zero-order chi connectivity index (χ0) is 14.6. The SMILES string of the molecule is COc1ccc(S(=O)(=O)N2CCCCC[C@@H]2CO)cc1. The zero-order valence-corrected chi connectivity index (χ0v) is 12.5. The van der Waals surface area contributed by atoms with Crippen molar-refractivity contribution in [1.82, 2.24) is 4.31 Å². The van der Waals surface area contributed by atoms with Crippen molar-refractivity contribution in [2.75, 3.05) is 20.3 Å². The van der Waals surface area contributed by atoms with Gasteiger partial charge in [0.15, 0.2) is 0 Å². The van der Waals surface area contributed by atoms with E-state index in [0.717, 1.165) is 19.3 Å². The first-order valence-corrected chi connectivity index (χ1v) is 8.30. The standard InChI is InChI=1S/C14H21NO4S/c1-19-13-6-8-14(9-7-13)20(17,18)15-10-4-2-3-5-12(15)11-16/h6-9,12,16H,2-5,10-11H2,1H3/t12-/m1/s1. The number of aliphatic hydroxyl groups excluding tert-OH is 1. The van der Waals surface area contributed by atoms with Gasteiger partial charge in [-0.25, -0.2) is 8.42 Å². The average Bonchev–Trinajstić information content (AvgIpc) is 2.73. The lowest BCUT2D eigenvalue weighted by molar-refractivity contribution is 0.186. The summed E-state index contributed by atoms with van der Waals surface area (Å²) in [6, 6.07) is 6.06. The van der Waals surface area contributed by atoms with E-state index in [1.807, 2.05) is 0 Å². The van der Waals surface area contributed by atoms with Crippen LogP contribution in [0.3, 0.4) is 0 Å². The Balaban J connectivity index is 2.30. The topological polar surface area (TPSA) is 66.8 Å². The van der Waals surface area contributed by atoms with Gasteiger partial charge in [-0.15, -0.1) is 0 Å². The highest BCUT2D eigenvalue weighted by Gasteiger charge is 2.31. The van der Waals surface area contributed by atoms with Crippen molar-refractivity contribution in [3.8, 4) is 5.75 Å². The fraction of sp³-hybridized carbons (Fsp3) is 0.571. The minimum absolute atomic E-state index is 0.130. The first-order valence-electron chi connectivity index (χ1n) is 6.86. The summed E-state index contributed by atoms with van der Waals surface area (Å²) >= 11 is 0. The third kappa shape index (κ3) is 3.13. The first-order chi connectivity index (χ1) is 9.59. The van der Waals surface area contributed by atoms with E-state index in [0.29, 0.717) is 18.7 Å². The second kappa shape index (κ2) is 6.56. The van der Waals surface area contributed by atoms with Crippen LogP contribution >= 0.6 is 0 Å². The Hall–Kier alpha value is -1.11. The molecule has 2 rings (SSSR count). The summed E-state index contributed by atoms with van der Waals surface area (Å²) in [7, 11) is -2.01. The summed E-state index contributed by atoms with van der Waals surface area (Å²) in [5, 5.41) is 9.45. The van der Waals surface area contributed by atoms with Crippen LogP contribution in [0.25, 0.3) is 0 Å². The van der Waals surface area contributed by atoms with Crippen LogP contribution < -0.4 is 4.74 Å². The molecule has 1 aromatic rings. The molecule has 0 amide bonds. The Morgan fingerprint density at radius 3 is 2.55 bits per heavy atom. The summed E-state index contributed by atoms with van der Waals surface area (Å²) in [6.45, 7) is 0.342. The van der Waals surface area contributed by atoms with E-state index in [1.54, 1.807) is 31.4 Å². The van der Waals surface area contributed by atoms with Crippen LogP contribution in [0, 0.1) is 0 Å². The molecule has 0 aliphatic carbocycles. The molecule has 0 unspecified atom stereocenters. The van der Waals surface area contributed by atoms with Crippen molar-refractivity contribution < 1.29 is 18.3 Å². The summed E-state index contributed by atoms with van der Waals surface area (Å²) in [5.41, 5.74) is 0. The number of rotatable bonds is 4. The second-order valence-electron chi connectivity index (χ2n) is 4.98. The van der Waals surface area contributed by atoms with E-state index in [4.69, 9.17) is 4.74 Å². The molecule has 1 aromatic carbocycles. The third-order valence-corrected chi connectivity index (χ3v) is 5.67. The number of hydrogen-bond donors (Lipinski definition) is 1. The monoisotopic (exact) mass is 299 g/mol. The molecule has 1 heterocycles. The molecule has 112 valence electrons. The van der Waals surface area contributed by atoms with Gasteiger partial charge in [-0.05, 0) is 37.1 Å². The van der Waals surface area contributed by atoms with E-state index in [-0.39, 0.29) is 17.5 Å². The maximum Gasteiger partial charge on any atom is 0.243 e. The van der Waals surface area contributed by atoms with Crippen molar-refractivity contribution in [2.24, 2.45) is 0 Å². The zero-order valence-electron chi connectivity index (χ0n) is 11.7. The van der Waals surface area contributed by atoms with Crippen LogP contribution in [0.15, 0.2) is 29.2 Å². The quantitative estimate of drug-likeness (QED) is 0.917. The van der Waals surface area contributed by atoms with Crippen molar-refractivity contribution >= 4 is 10.0 Å². The Morgan fingerprint density at radius 2 is 1.95 bits per heavy atom. The molecule has 0 bridgehead atoms. The van der Waals surface area contributed by atoms with Crippen LogP contribution in [-0.2, 0) is 10.0 Å². The number of hydrogen-bond acceptors (Lipinski definition) is 4. The molecular weight excluding hydrogens is 278 g/mol. The molecule has 0 spiro atoms. The predicted molar refractivity (Wildman–Crippen MR) is 76.2 cm³/mol. The van der Waals surface area contributed by atoms with Gasteiger partial charge in [0.2, 0.25) is 10.0 Å². The summed E-state index contributed by atoms with van der Waals surface area (Å²) in [4.78, 5) is 0.249. The number of benzene rings is 1. The van der Waals surface area contributed by atoms with Gasteiger partial charge in [-0.1, -0.05) is 12.8 Å². The summed E-state index contributed by atoms with van der Waals surface area (Å²) in [5.74, 6) is 0.624. The molecule has 1 atom stereocenters. The average molecular weight is 299 g/mol. The molecule has 1 N–H and O–H groups in total. The highest BCUT2D eigenvalue weighted by atomic mass is 32.2. The van der Waals surface area contributed by atoms with Gasteiger partial charge in [0.25, 0.3) is 0 Å². The Bertz CT molecular complexity index is 527. The molecule has 0 aromatic heterocycles. The van der Waals surface area contributed by atoms with Gasteiger partial charge in [0, 0.05) is 12.6 Å². The second-order valence-corrected chi connectivity index (χ2v) is 6.87. The van der Waals surface area contributed by atoms with Gasteiger partial charge >= 0.3 is 0 Å². The van der Waals surface area contributed by atoms with Crippen molar-refractivity contribution in [2.45, 2.75) is 36.6 Å². The van der Waals surface area contributed by atoms with Crippen molar-refractivity contribution in [3.63, 3.8) is 0 Å². The third-order valence-electron chi connectivity index (χ3n) is 3.70. The molecule has 20 heavy (non-hydrogen) atoms. The lowest BCUT2D eigenvalue weighted by Gasteiger charge is -2.27. The fourth-order valence-corrected chi connectivity index (χ4v) is 4.22. The largest absolute Gasteiger partial charge is 0.497 e. The van der Waals surface area contributed by atoms with Crippen LogP contribution in [0.2, 0.25) is 0 Å². The Morgan fingerprint density at radius 1 is 1.25 bits per heavy atom.